The number of methoxy groups -OCH3 is 1. The molecular weight excluding hydrogens is 244 g/mol. The lowest BCUT2D eigenvalue weighted by Crippen LogP contribution is -2.30. The van der Waals surface area contributed by atoms with Crippen molar-refractivity contribution < 1.29 is 9.53 Å². The van der Waals surface area contributed by atoms with E-state index >= 15 is 0 Å². The number of likely N-dealkylation sites (N-methyl/N-ethyl adjacent to an activating group) is 1. The van der Waals surface area contributed by atoms with Crippen molar-refractivity contribution in [3.8, 4) is 0 Å². The van der Waals surface area contributed by atoms with E-state index in [4.69, 9.17) is 4.74 Å². The van der Waals surface area contributed by atoms with Crippen molar-refractivity contribution in [2.75, 3.05) is 33.8 Å². The van der Waals surface area contributed by atoms with Crippen LogP contribution in [0.15, 0.2) is 6.20 Å². The molecular formula is C13H20N4O2. The minimum Gasteiger partial charge on any atom is -0.380 e. The molecule has 104 valence electrons. The molecule has 1 fully saturated rings. The van der Waals surface area contributed by atoms with Crippen LogP contribution in [0, 0.1) is 0 Å². The van der Waals surface area contributed by atoms with E-state index in [0.29, 0.717) is 12.2 Å². The second-order valence-electron chi connectivity index (χ2n) is 5.37. The smallest absolute Gasteiger partial charge is 0.274 e. The standard InChI is InChI=1S/C13H20N4O2/c1-15-5-6-16-8-11(14-12(16)9-15)13(18)17-4-3-10(7-17)19-2/h8,10H,3-7,9H2,1-2H3/t10-/m1/s1. The number of aromatic nitrogens is 2. The maximum Gasteiger partial charge on any atom is 0.274 e. The van der Waals surface area contributed by atoms with Gasteiger partial charge in [0.15, 0.2) is 0 Å². The lowest BCUT2D eigenvalue weighted by atomic mass is 10.3. The lowest BCUT2D eigenvalue weighted by molar-refractivity contribution is 0.0719. The molecule has 3 rings (SSSR count). The number of rotatable bonds is 2. The number of amides is 1. The van der Waals surface area contributed by atoms with Gasteiger partial charge in [-0.2, -0.15) is 0 Å². The highest BCUT2D eigenvalue weighted by Crippen LogP contribution is 2.17. The summed E-state index contributed by atoms with van der Waals surface area (Å²) >= 11 is 0. The summed E-state index contributed by atoms with van der Waals surface area (Å²) in [5, 5.41) is 0. The molecule has 0 N–H and O–H groups in total. The zero-order chi connectivity index (χ0) is 13.4. The van der Waals surface area contributed by atoms with Gasteiger partial charge in [-0.3, -0.25) is 9.69 Å². The molecule has 1 saturated heterocycles. The van der Waals surface area contributed by atoms with Crippen molar-refractivity contribution in [2.45, 2.75) is 25.6 Å². The van der Waals surface area contributed by atoms with Crippen molar-refractivity contribution in [2.24, 2.45) is 0 Å². The van der Waals surface area contributed by atoms with Gasteiger partial charge in [-0.05, 0) is 13.5 Å². The van der Waals surface area contributed by atoms with E-state index < -0.39 is 0 Å². The molecule has 0 aromatic carbocycles. The molecule has 3 heterocycles. The quantitative estimate of drug-likeness (QED) is 0.765. The minimum atomic E-state index is 0.0316. The largest absolute Gasteiger partial charge is 0.380 e. The van der Waals surface area contributed by atoms with E-state index in [-0.39, 0.29) is 12.0 Å². The van der Waals surface area contributed by atoms with Crippen LogP contribution >= 0.6 is 0 Å². The summed E-state index contributed by atoms with van der Waals surface area (Å²) in [6.07, 6.45) is 2.98. The van der Waals surface area contributed by atoms with Gasteiger partial charge in [-0.25, -0.2) is 4.98 Å². The first-order valence-electron chi connectivity index (χ1n) is 6.74. The van der Waals surface area contributed by atoms with Gasteiger partial charge in [0.05, 0.1) is 12.6 Å². The van der Waals surface area contributed by atoms with Crippen LogP contribution in [0.3, 0.4) is 0 Å². The number of imidazole rings is 1. The fraction of sp³-hybridized carbons (Fsp3) is 0.692. The molecule has 0 bridgehead atoms. The Hall–Kier alpha value is -1.40. The Morgan fingerprint density at radius 2 is 2.26 bits per heavy atom. The van der Waals surface area contributed by atoms with Gasteiger partial charge in [0.2, 0.25) is 0 Å². The first-order chi connectivity index (χ1) is 9.17. The SMILES string of the molecule is CO[C@@H]1CCN(C(=O)c2cn3c(n2)CN(C)CC3)C1. The predicted molar refractivity (Wildman–Crippen MR) is 69.9 cm³/mol. The minimum absolute atomic E-state index is 0.0316. The monoisotopic (exact) mass is 264 g/mol. The van der Waals surface area contributed by atoms with E-state index in [9.17, 15) is 4.79 Å². The molecule has 1 amide bonds. The van der Waals surface area contributed by atoms with Crippen LogP contribution in [0.5, 0.6) is 0 Å². The Balaban J connectivity index is 1.74. The zero-order valence-electron chi connectivity index (χ0n) is 11.5. The summed E-state index contributed by atoms with van der Waals surface area (Å²) in [5.41, 5.74) is 0.571. The molecule has 6 heteroatoms. The van der Waals surface area contributed by atoms with E-state index in [1.165, 1.54) is 0 Å². The molecule has 0 aliphatic carbocycles. The third-order valence-electron chi connectivity index (χ3n) is 3.98. The summed E-state index contributed by atoms with van der Waals surface area (Å²) in [4.78, 5) is 20.9. The number of hydrogen-bond acceptors (Lipinski definition) is 4. The normalized spacial score (nSPS) is 23.7. The van der Waals surface area contributed by atoms with Gasteiger partial charge in [0, 0.05) is 39.5 Å². The number of likely N-dealkylation sites (tertiary alicyclic amines) is 1. The van der Waals surface area contributed by atoms with Gasteiger partial charge in [-0.15, -0.1) is 0 Å². The third-order valence-corrected chi connectivity index (χ3v) is 3.98. The average Bonchev–Trinajstić information content (AvgIpc) is 3.03. The summed E-state index contributed by atoms with van der Waals surface area (Å²) in [7, 11) is 3.77. The van der Waals surface area contributed by atoms with Crippen LogP contribution in [0.4, 0.5) is 0 Å². The Morgan fingerprint density at radius 1 is 1.42 bits per heavy atom. The van der Waals surface area contributed by atoms with Crippen molar-refractivity contribution in [3.05, 3.63) is 17.7 Å². The second-order valence-corrected chi connectivity index (χ2v) is 5.37. The van der Waals surface area contributed by atoms with Gasteiger partial charge in [0.1, 0.15) is 11.5 Å². The van der Waals surface area contributed by atoms with Crippen molar-refractivity contribution in [1.29, 1.82) is 0 Å². The Morgan fingerprint density at radius 3 is 3.00 bits per heavy atom. The highest BCUT2D eigenvalue weighted by molar-refractivity contribution is 5.92. The molecule has 0 saturated carbocycles. The molecule has 0 spiro atoms. The fourth-order valence-electron chi connectivity index (χ4n) is 2.74. The molecule has 1 atom stereocenters. The van der Waals surface area contributed by atoms with Gasteiger partial charge in [-0.1, -0.05) is 0 Å². The number of fused-ring (bicyclic) bond motifs is 1. The topological polar surface area (TPSA) is 50.6 Å². The first-order valence-corrected chi connectivity index (χ1v) is 6.74. The summed E-state index contributed by atoms with van der Waals surface area (Å²) < 4.78 is 7.39. The lowest BCUT2D eigenvalue weighted by Gasteiger charge is -2.22. The third kappa shape index (κ3) is 2.37. The molecule has 2 aliphatic rings. The van der Waals surface area contributed by atoms with Crippen LogP contribution in [-0.4, -0.2) is 65.2 Å². The van der Waals surface area contributed by atoms with Crippen LogP contribution < -0.4 is 0 Å². The second kappa shape index (κ2) is 4.94. The molecule has 2 aliphatic heterocycles. The van der Waals surface area contributed by atoms with Crippen LogP contribution in [0.2, 0.25) is 0 Å². The Labute approximate surface area is 113 Å². The van der Waals surface area contributed by atoms with Crippen LogP contribution in [0.25, 0.3) is 0 Å². The van der Waals surface area contributed by atoms with Crippen molar-refractivity contribution in [1.82, 2.24) is 19.4 Å². The Bertz CT molecular complexity index is 485. The summed E-state index contributed by atoms with van der Waals surface area (Å²) in [5.74, 6) is 1.02. The number of hydrogen-bond donors (Lipinski definition) is 0. The van der Waals surface area contributed by atoms with Crippen LogP contribution in [0.1, 0.15) is 22.7 Å². The van der Waals surface area contributed by atoms with Gasteiger partial charge >= 0.3 is 0 Å². The maximum absolute atomic E-state index is 12.4. The number of ether oxygens (including phenoxy) is 1. The fourth-order valence-corrected chi connectivity index (χ4v) is 2.74. The predicted octanol–water partition coefficient (Wildman–Crippen LogP) is 0.189. The summed E-state index contributed by atoms with van der Waals surface area (Å²) in [6, 6.07) is 0. The first kappa shape index (κ1) is 12.6. The molecule has 6 nitrogen and oxygen atoms in total. The van der Waals surface area contributed by atoms with Crippen molar-refractivity contribution in [3.63, 3.8) is 0 Å². The van der Waals surface area contributed by atoms with Gasteiger partial charge in [0.25, 0.3) is 5.91 Å². The van der Waals surface area contributed by atoms with Crippen LogP contribution in [-0.2, 0) is 17.8 Å². The number of carbonyl (C=O) groups is 1. The highest BCUT2D eigenvalue weighted by Gasteiger charge is 2.29. The molecule has 1 aromatic heterocycles. The highest BCUT2D eigenvalue weighted by atomic mass is 16.5. The maximum atomic E-state index is 12.4. The summed E-state index contributed by atoms with van der Waals surface area (Å²) in [6.45, 7) is 4.17. The molecule has 0 unspecified atom stereocenters. The van der Waals surface area contributed by atoms with E-state index in [1.54, 1.807) is 7.11 Å². The number of nitrogens with zero attached hydrogens (tertiary/aromatic N) is 4. The van der Waals surface area contributed by atoms with E-state index in [2.05, 4.69) is 21.5 Å². The van der Waals surface area contributed by atoms with E-state index in [0.717, 1.165) is 38.4 Å². The van der Waals surface area contributed by atoms with E-state index in [1.807, 2.05) is 11.1 Å². The van der Waals surface area contributed by atoms with Gasteiger partial charge < -0.3 is 14.2 Å². The zero-order valence-corrected chi connectivity index (χ0v) is 11.5. The number of carbonyl (C=O) groups excluding carboxylic acids is 1. The molecule has 0 radical (unpaired) electrons. The molecule has 1 aromatic rings. The molecule has 19 heavy (non-hydrogen) atoms. The Kier molecular flexibility index (Phi) is 3.28. The average molecular weight is 264 g/mol. The van der Waals surface area contributed by atoms with Crippen molar-refractivity contribution >= 4 is 5.91 Å².